The van der Waals surface area contributed by atoms with Crippen LogP contribution in [0.3, 0.4) is 0 Å². The van der Waals surface area contributed by atoms with Crippen molar-refractivity contribution in [3.05, 3.63) is 24.3 Å². The first-order chi connectivity index (χ1) is 9.29. The molecule has 1 fully saturated rings. The van der Waals surface area contributed by atoms with Crippen LogP contribution in [0.4, 0.5) is 10.5 Å². The monoisotopic (exact) mass is 263 g/mol. The van der Waals surface area contributed by atoms with Gasteiger partial charge in [-0.2, -0.15) is 0 Å². The molecule has 0 saturated carbocycles. The van der Waals surface area contributed by atoms with E-state index in [2.05, 4.69) is 16.0 Å². The third-order valence-electron chi connectivity index (χ3n) is 3.36. The van der Waals surface area contributed by atoms with Crippen LogP contribution in [-0.4, -0.2) is 32.8 Å². The number of anilines is 1. The quantitative estimate of drug-likeness (QED) is 0.759. The van der Waals surface area contributed by atoms with E-state index in [9.17, 15) is 4.79 Å². The van der Waals surface area contributed by atoms with Gasteiger partial charge in [-0.15, -0.1) is 0 Å². The van der Waals surface area contributed by atoms with Crippen molar-refractivity contribution in [3.63, 3.8) is 0 Å². The SMILES string of the molecule is COc1ccccc1NC(=O)NCCC1CCNC1. The Morgan fingerprint density at radius 3 is 3.05 bits per heavy atom. The molecule has 5 nitrogen and oxygen atoms in total. The van der Waals surface area contributed by atoms with Crippen molar-refractivity contribution in [3.8, 4) is 5.75 Å². The first-order valence-corrected chi connectivity index (χ1v) is 6.68. The number of urea groups is 1. The molecule has 3 N–H and O–H groups in total. The molecule has 1 aliphatic heterocycles. The molecule has 1 aromatic carbocycles. The standard InChI is InChI=1S/C14H21N3O2/c1-19-13-5-3-2-4-12(13)17-14(18)16-9-7-11-6-8-15-10-11/h2-5,11,15H,6-10H2,1H3,(H2,16,17,18). The summed E-state index contributed by atoms with van der Waals surface area (Å²) in [6.07, 6.45) is 2.22. The number of hydrogen-bond acceptors (Lipinski definition) is 3. The van der Waals surface area contributed by atoms with Gasteiger partial charge in [0.15, 0.2) is 0 Å². The Balaban J connectivity index is 1.74. The lowest BCUT2D eigenvalue weighted by molar-refractivity contribution is 0.251. The number of ether oxygens (including phenoxy) is 1. The van der Waals surface area contributed by atoms with Gasteiger partial charge in [0, 0.05) is 6.54 Å². The second-order valence-electron chi connectivity index (χ2n) is 4.73. The van der Waals surface area contributed by atoms with Crippen molar-refractivity contribution in [1.29, 1.82) is 0 Å². The van der Waals surface area contributed by atoms with Crippen molar-refractivity contribution in [1.82, 2.24) is 10.6 Å². The van der Waals surface area contributed by atoms with Crippen LogP contribution in [0.1, 0.15) is 12.8 Å². The summed E-state index contributed by atoms with van der Waals surface area (Å²) in [7, 11) is 1.59. The van der Waals surface area contributed by atoms with Gasteiger partial charge in [-0.05, 0) is 44.0 Å². The third kappa shape index (κ3) is 4.13. The fraction of sp³-hybridized carbons (Fsp3) is 0.500. The highest BCUT2D eigenvalue weighted by atomic mass is 16.5. The number of nitrogens with one attached hydrogen (secondary N) is 3. The highest BCUT2D eigenvalue weighted by molar-refractivity contribution is 5.90. The van der Waals surface area contributed by atoms with Gasteiger partial charge >= 0.3 is 6.03 Å². The number of amides is 2. The van der Waals surface area contributed by atoms with Crippen molar-refractivity contribution < 1.29 is 9.53 Å². The molecular weight excluding hydrogens is 242 g/mol. The predicted octanol–water partition coefficient (Wildman–Crippen LogP) is 1.82. The molecule has 1 saturated heterocycles. The second-order valence-corrected chi connectivity index (χ2v) is 4.73. The summed E-state index contributed by atoms with van der Waals surface area (Å²) in [5.41, 5.74) is 0.685. The van der Waals surface area contributed by atoms with Crippen LogP contribution in [0.25, 0.3) is 0 Å². The van der Waals surface area contributed by atoms with Gasteiger partial charge < -0.3 is 20.7 Å². The summed E-state index contributed by atoms with van der Waals surface area (Å²) in [5, 5.41) is 8.99. The Bertz CT molecular complexity index is 417. The molecule has 0 aliphatic carbocycles. The zero-order chi connectivity index (χ0) is 13.5. The van der Waals surface area contributed by atoms with Crippen molar-refractivity contribution in [2.45, 2.75) is 12.8 Å². The average Bonchev–Trinajstić information content (AvgIpc) is 2.92. The normalized spacial score (nSPS) is 18.1. The number of carbonyl (C=O) groups is 1. The van der Waals surface area contributed by atoms with E-state index in [1.165, 1.54) is 6.42 Å². The highest BCUT2D eigenvalue weighted by Crippen LogP contribution is 2.22. The average molecular weight is 263 g/mol. The molecule has 2 rings (SSSR count). The molecule has 1 unspecified atom stereocenters. The molecule has 0 aromatic heterocycles. The lowest BCUT2D eigenvalue weighted by Gasteiger charge is -2.12. The smallest absolute Gasteiger partial charge is 0.319 e. The minimum absolute atomic E-state index is 0.185. The van der Waals surface area contributed by atoms with Crippen LogP contribution < -0.4 is 20.7 Å². The summed E-state index contributed by atoms with van der Waals surface area (Å²) < 4.78 is 5.18. The zero-order valence-corrected chi connectivity index (χ0v) is 11.2. The molecule has 2 amide bonds. The summed E-state index contributed by atoms with van der Waals surface area (Å²) in [6.45, 7) is 2.86. The van der Waals surface area contributed by atoms with Crippen LogP contribution in [0.15, 0.2) is 24.3 Å². The summed E-state index contributed by atoms with van der Waals surface area (Å²) in [4.78, 5) is 11.8. The lowest BCUT2D eigenvalue weighted by Crippen LogP contribution is -2.30. The molecule has 5 heteroatoms. The largest absolute Gasteiger partial charge is 0.495 e. The van der Waals surface area contributed by atoms with Crippen molar-refractivity contribution in [2.75, 3.05) is 32.1 Å². The van der Waals surface area contributed by atoms with E-state index in [-0.39, 0.29) is 6.03 Å². The zero-order valence-electron chi connectivity index (χ0n) is 11.2. The lowest BCUT2D eigenvalue weighted by atomic mass is 10.1. The molecule has 0 bridgehead atoms. The molecule has 1 atom stereocenters. The maximum atomic E-state index is 11.8. The first-order valence-electron chi connectivity index (χ1n) is 6.68. The van der Waals surface area contributed by atoms with Gasteiger partial charge in [0.1, 0.15) is 5.75 Å². The van der Waals surface area contributed by atoms with Gasteiger partial charge in [-0.1, -0.05) is 12.1 Å². The molecular formula is C14H21N3O2. The molecule has 19 heavy (non-hydrogen) atoms. The Labute approximate surface area is 113 Å². The topological polar surface area (TPSA) is 62.4 Å². The van der Waals surface area contributed by atoms with Crippen LogP contribution in [0, 0.1) is 5.92 Å². The van der Waals surface area contributed by atoms with Gasteiger partial charge in [-0.3, -0.25) is 0 Å². The summed E-state index contributed by atoms with van der Waals surface area (Å²) in [6, 6.07) is 7.19. The maximum absolute atomic E-state index is 11.8. The Morgan fingerprint density at radius 2 is 2.32 bits per heavy atom. The fourth-order valence-corrected chi connectivity index (χ4v) is 2.27. The number of para-hydroxylation sites is 2. The molecule has 104 valence electrons. The second kappa shape index (κ2) is 6.99. The number of carbonyl (C=O) groups excluding carboxylic acids is 1. The van der Waals surface area contributed by atoms with E-state index in [1.54, 1.807) is 7.11 Å². The highest BCUT2D eigenvalue weighted by Gasteiger charge is 2.14. The van der Waals surface area contributed by atoms with Crippen LogP contribution >= 0.6 is 0 Å². The molecule has 1 aromatic rings. The first kappa shape index (κ1) is 13.7. The number of rotatable bonds is 5. The van der Waals surface area contributed by atoms with E-state index >= 15 is 0 Å². The molecule has 0 spiro atoms. The van der Waals surface area contributed by atoms with Crippen molar-refractivity contribution >= 4 is 11.7 Å². The predicted molar refractivity (Wildman–Crippen MR) is 75.6 cm³/mol. The van der Waals surface area contributed by atoms with E-state index in [0.29, 0.717) is 23.9 Å². The summed E-state index contributed by atoms with van der Waals surface area (Å²) in [5.74, 6) is 1.35. The van der Waals surface area contributed by atoms with Crippen LogP contribution in [0.5, 0.6) is 5.75 Å². The van der Waals surface area contributed by atoms with Gasteiger partial charge in [-0.25, -0.2) is 4.79 Å². The van der Waals surface area contributed by atoms with Gasteiger partial charge in [0.05, 0.1) is 12.8 Å². The van der Waals surface area contributed by atoms with E-state index in [4.69, 9.17) is 4.74 Å². The van der Waals surface area contributed by atoms with E-state index in [1.807, 2.05) is 24.3 Å². The van der Waals surface area contributed by atoms with Crippen LogP contribution in [0.2, 0.25) is 0 Å². The Morgan fingerprint density at radius 1 is 1.47 bits per heavy atom. The molecule has 1 aliphatic rings. The van der Waals surface area contributed by atoms with Crippen molar-refractivity contribution in [2.24, 2.45) is 5.92 Å². The number of methoxy groups -OCH3 is 1. The fourth-order valence-electron chi connectivity index (χ4n) is 2.27. The third-order valence-corrected chi connectivity index (χ3v) is 3.36. The van der Waals surface area contributed by atoms with E-state index in [0.717, 1.165) is 19.5 Å². The maximum Gasteiger partial charge on any atom is 0.319 e. The number of benzene rings is 1. The summed E-state index contributed by atoms with van der Waals surface area (Å²) >= 11 is 0. The van der Waals surface area contributed by atoms with E-state index < -0.39 is 0 Å². The van der Waals surface area contributed by atoms with Gasteiger partial charge in [0.25, 0.3) is 0 Å². The molecule has 0 radical (unpaired) electrons. The van der Waals surface area contributed by atoms with Crippen LogP contribution in [-0.2, 0) is 0 Å². The minimum atomic E-state index is -0.185. The Hall–Kier alpha value is -1.75. The Kier molecular flexibility index (Phi) is 5.03. The minimum Gasteiger partial charge on any atom is -0.495 e. The number of hydrogen-bond donors (Lipinski definition) is 3. The van der Waals surface area contributed by atoms with Gasteiger partial charge in [0.2, 0.25) is 0 Å². The molecule has 1 heterocycles.